The average Bonchev–Trinajstić information content (AvgIpc) is 3.36. The standard InChI is InChI=1S/C33H41BrN9OP/c1-5-22-19-27(29(44-2)20-28(22)43-16-9-23(10-17-43)42-15-6-11-35-14-18-42)40-33-38-21-24(34)32(41-33)39-26-8-7-25-30(31(26)45(3)4)37-13-12-36-25/h5,7-8,12-13,19-21,23,35H,1,6,9-11,14-18H2,2-4H3,(H2,38,39,40,41). The summed E-state index contributed by atoms with van der Waals surface area (Å²) in [6.45, 7) is 15.1. The second-order valence-electron chi connectivity index (χ2n) is 11.6. The van der Waals surface area contributed by atoms with Crippen molar-refractivity contribution in [3.05, 3.63) is 59.5 Å². The molecule has 45 heavy (non-hydrogen) atoms. The highest BCUT2D eigenvalue weighted by molar-refractivity contribution is 9.10. The first-order chi connectivity index (χ1) is 21.9. The van der Waals surface area contributed by atoms with E-state index in [1.54, 1.807) is 25.7 Å². The number of methoxy groups -OCH3 is 1. The number of fused-ring (bicyclic) bond motifs is 1. The molecule has 0 bridgehead atoms. The minimum Gasteiger partial charge on any atom is -0.494 e. The fourth-order valence-electron chi connectivity index (χ4n) is 6.33. The highest BCUT2D eigenvalue weighted by atomic mass is 79.9. The number of ether oxygens (including phenoxy) is 1. The molecule has 6 rings (SSSR count). The molecule has 0 amide bonds. The number of hydrogen-bond donors (Lipinski definition) is 3. The Bertz CT molecular complexity index is 1650. The van der Waals surface area contributed by atoms with Crippen molar-refractivity contribution in [1.29, 1.82) is 0 Å². The summed E-state index contributed by atoms with van der Waals surface area (Å²) in [5.41, 5.74) is 5.72. The van der Waals surface area contributed by atoms with Crippen molar-refractivity contribution >= 4 is 75.1 Å². The van der Waals surface area contributed by atoms with Crippen molar-refractivity contribution in [3.63, 3.8) is 0 Å². The number of rotatable bonds is 9. The average molecular weight is 691 g/mol. The highest BCUT2D eigenvalue weighted by Crippen LogP contribution is 2.38. The molecule has 0 saturated carbocycles. The molecule has 0 radical (unpaired) electrons. The Hall–Kier alpha value is -3.37. The van der Waals surface area contributed by atoms with Gasteiger partial charge in [-0.1, -0.05) is 20.6 Å². The lowest BCUT2D eigenvalue weighted by molar-refractivity contribution is 0.180. The zero-order chi connectivity index (χ0) is 31.3. The Morgan fingerprint density at radius 2 is 1.84 bits per heavy atom. The van der Waals surface area contributed by atoms with Crippen LogP contribution in [0.3, 0.4) is 0 Å². The summed E-state index contributed by atoms with van der Waals surface area (Å²) in [6.07, 6.45) is 10.7. The second-order valence-corrected chi connectivity index (χ2v) is 14.7. The van der Waals surface area contributed by atoms with Crippen LogP contribution < -0.4 is 30.9 Å². The van der Waals surface area contributed by atoms with E-state index in [0.29, 0.717) is 17.8 Å². The summed E-state index contributed by atoms with van der Waals surface area (Å²) in [5.74, 6) is 1.83. The molecule has 10 nitrogen and oxygen atoms in total. The summed E-state index contributed by atoms with van der Waals surface area (Å²) < 4.78 is 6.63. The smallest absolute Gasteiger partial charge is 0.229 e. The van der Waals surface area contributed by atoms with Gasteiger partial charge in [0.15, 0.2) is 0 Å². The maximum Gasteiger partial charge on any atom is 0.229 e. The minimum atomic E-state index is -0.472. The predicted molar refractivity (Wildman–Crippen MR) is 192 cm³/mol. The Balaban J connectivity index is 1.22. The van der Waals surface area contributed by atoms with Crippen molar-refractivity contribution in [1.82, 2.24) is 30.2 Å². The van der Waals surface area contributed by atoms with E-state index in [9.17, 15) is 0 Å². The van der Waals surface area contributed by atoms with Crippen molar-refractivity contribution in [3.8, 4) is 5.75 Å². The number of nitrogens with one attached hydrogen (secondary N) is 3. The summed E-state index contributed by atoms with van der Waals surface area (Å²) >= 11 is 3.64. The van der Waals surface area contributed by atoms with Gasteiger partial charge in [-0.05, 0) is 85.4 Å². The Labute approximate surface area is 275 Å². The number of piperidine rings is 1. The molecule has 3 N–H and O–H groups in total. The highest BCUT2D eigenvalue weighted by Gasteiger charge is 2.27. The predicted octanol–water partition coefficient (Wildman–Crippen LogP) is 5.95. The van der Waals surface area contributed by atoms with Crippen molar-refractivity contribution in [2.45, 2.75) is 25.3 Å². The summed E-state index contributed by atoms with van der Waals surface area (Å²) in [5, 5.41) is 11.6. The molecule has 4 heterocycles. The topological polar surface area (TPSA) is 103 Å². The first-order valence-corrected chi connectivity index (χ1v) is 18.5. The molecule has 2 saturated heterocycles. The van der Waals surface area contributed by atoms with Crippen LogP contribution in [0.4, 0.5) is 28.8 Å². The number of aromatic nitrogens is 4. The van der Waals surface area contributed by atoms with Crippen LogP contribution in [0, 0.1) is 0 Å². The van der Waals surface area contributed by atoms with E-state index in [2.05, 4.69) is 88.7 Å². The zero-order valence-electron chi connectivity index (χ0n) is 26.2. The van der Waals surface area contributed by atoms with Crippen LogP contribution >= 0.6 is 23.9 Å². The third-order valence-corrected chi connectivity index (χ3v) is 10.5. The van der Waals surface area contributed by atoms with Crippen LogP contribution in [0.15, 0.2) is 53.9 Å². The van der Waals surface area contributed by atoms with Gasteiger partial charge in [0.05, 0.1) is 28.3 Å². The number of anilines is 5. The lowest BCUT2D eigenvalue weighted by Crippen LogP contribution is -2.46. The number of nitrogens with zero attached hydrogens (tertiary/aromatic N) is 6. The molecule has 2 aromatic carbocycles. The van der Waals surface area contributed by atoms with Gasteiger partial charge >= 0.3 is 0 Å². The van der Waals surface area contributed by atoms with Gasteiger partial charge in [-0.3, -0.25) is 14.9 Å². The van der Waals surface area contributed by atoms with Crippen molar-refractivity contribution < 1.29 is 4.74 Å². The normalized spacial score (nSPS) is 16.5. The Morgan fingerprint density at radius 3 is 2.62 bits per heavy atom. The van der Waals surface area contributed by atoms with Gasteiger partial charge in [-0.15, -0.1) is 0 Å². The maximum atomic E-state index is 5.88. The minimum absolute atomic E-state index is 0.451. The van der Waals surface area contributed by atoms with Gasteiger partial charge in [0.25, 0.3) is 0 Å². The molecule has 236 valence electrons. The first kappa shape index (κ1) is 31.6. The van der Waals surface area contributed by atoms with E-state index < -0.39 is 7.92 Å². The monoisotopic (exact) mass is 689 g/mol. The molecule has 0 aliphatic carbocycles. The molecule has 2 fully saturated rings. The Kier molecular flexibility index (Phi) is 10.1. The maximum absolute atomic E-state index is 5.88. The summed E-state index contributed by atoms with van der Waals surface area (Å²) in [6, 6.07) is 8.87. The van der Waals surface area contributed by atoms with Crippen LogP contribution in [-0.4, -0.2) is 90.6 Å². The van der Waals surface area contributed by atoms with E-state index in [4.69, 9.17) is 9.72 Å². The van der Waals surface area contributed by atoms with E-state index >= 15 is 0 Å². The number of halogens is 1. The van der Waals surface area contributed by atoms with Crippen LogP contribution in [-0.2, 0) is 0 Å². The third-order valence-electron chi connectivity index (χ3n) is 8.57. The molecule has 0 unspecified atom stereocenters. The molecule has 12 heteroatoms. The molecule has 2 aliphatic heterocycles. The zero-order valence-corrected chi connectivity index (χ0v) is 28.7. The largest absolute Gasteiger partial charge is 0.494 e. The molecule has 4 aromatic rings. The van der Waals surface area contributed by atoms with Gasteiger partial charge < -0.3 is 25.6 Å². The van der Waals surface area contributed by atoms with E-state index in [-0.39, 0.29) is 0 Å². The molecule has 2 aliphatic rings. The molecule has 2 aromatic heterocycles. The molecular weight excluding hydrogens is 649 g/mol. The molecular formula is C33H41BrN9OP. The van der Waals surface area contributed by atoms with Crippen molar-refractivity contribution in [2.75, 3.05) is 75.2 Å². The molecule has 0 atom stereocenters. The van der Waals surface area contributed by atoms with Gasteiger partial charge in [0.2, 0.25) is 5.95 Å². The fraction of sp³-hybridized carbons (Fsp3) is 0.394. The van der Waals surface area contributed by atoms with Crippen LogP contribution in [0.25, 0.3) is 17.1 Å². The third kappa shape index (κ3) is 7.07. The van der Waals surface area contributed by atoms with E-state index in [1.165, 1.54) is 13.0 Å². The van der Waals surface area contributed by atoms with Crippen LogP contribution in [0.1, 0.15) is 24.8 Å². The van der Waals surface area contributed by atoms with Crippen LogP contribution in [0.5, 0.6) is 5.75 Å². The van der Waals surface area contributed by atoms with Crippen LogP contribution in [0.2, 0.25) is 0 Å². The van der Waals surface area contributed by atoms with Gasteiger partial charge in [0, 0.05) is 73.6 Å². The van der Waals surface area contributed by atoms with Gasteiger partial charge in [-0.2, -0.15) is 4.98 Å². The lowest BCUT2D eigenvalue weighted by Gasteiger charge is -2.39. The van der Waals surface area contributed by atoms with E-state index in [1.807, 2.05) is 18.2 Å². The van der Waals surface area contributed by atoms with Gasteiger partial charge in [-0.25, -0.2) is 4.98 Å². The fourth-order valence-corrected chi connectivity index (χ4v) is 7.83. The Morgan fingerprint density at radius 1 is 1.02 bits per heavy atom. The van der Waals surface area contributed by atoms with Gasteiger partial charge in [0.1, 0.15) is 11.6 Å². The quantitative estimate of drug-likeness (QED) is 0.183. The van der Waals surface area contributed by atoms with Crippen molar-refractivity contribution in [2.24, 2.45) is 0 Å². The second kappa shape index (κ2) is 14.4. The number of hydrogen-bond acceptors (Lipinski definition) is 10. The SMILES string of the molecule is C=Cc1cc(Nc2ncc(Br)c(Nc3ccc4nccnc4c3P(C)C)n2)c(OC)cc1N1CCC(N2CCCNCC2)CC1. The number of benzene rings is 2. The summed E-state index contributed by atoms with van der Waals surface area (Å²) in [4.78, 5) is 23.7. The summed E-state index contributed by atoms with van der Waals surface area (Å²) in [7, 11) is 1.23. The van der Waals surface area contributed by atoms with E-state index in [0.717, 1.165) is 94.8 Å². The lowest BCUT2D eigenvalue weighted by atomic mass is 10.0. The first-order valence-electron chi connectivity index (χ1n) is 15.5. The molecule has 0 spiro atoms.